The molecule has 0 radical (unpaired) electrons. The standard InChI is InChI=1S/C15H10BrClN2O3S/c16-10-3-1-2-8(6-10)13(20)19-15(23)18-12-7-9(14(21)22)4-5-11(12)17/h1-7H,(H,21,22)(H2,18,19,20,23). The summed E-state index contributed by atoms with van der Waals surface area (Å²) >= 11 is 14.3. The number of rotatable bonds is 3. The van der Waals surface area contributed by atoms with Crippen LogP contribution in [-0.4, -0.2) is 22.1 Å². The zero-order valence-corrected chi connectivity index (χ0v) is 14.6. The van der Waals surface area contributed by atoms with Crippen LogP contribution in [0.5, 0.6) is 0 Å². The maximum atomic E-state index is 12.1. The highest BCUT2D eigenvalue weighted by Crippen LogP contribution is 2.23. The van der Waals surface area contributed by atoms with Crippen molar-refractivity contribution >= 4 is 62.4 Å². The zero-order valence-electron chi connectivity index (χ0n) is 11.5. The van der Waals surface area contributed by atoms with Crippen molar-refractivity contribution < 1.29 is 14.7 Å². The summed E-state index contributed by atoms with van der Waals surface area (Å²) < 4.78 is 0.765. The van der Waals surface area contributed by atoms with Crippen LogP contribution in [0.4, 0.5) is 5.69 Å². The number of anilines is 1. The molecule has 0 aliphatic carbocycles. The summed E-state index contributed by atoms with van der Waals surface area (Å²) in [4.78, 5) is 23.0. The van der Waals surface area contributed by atoms with Crippen LogP contribution in [0.2, 0.25) is 5.02 Å². The molecular formula is C15H10BrClN2O3S. The second-order valence-corrected chi connectivity index (χ2v) is 6.15. The van der Waals surface area contributed by atoms with Gasteiger partial charge in [0.15, 0.2) is 5.11 Å². The van der Waals surface area contributed by atoms with E-state index in [9.17, 15) is 9.59 Å². The van der Waals surface area contributed by atoms with E-state index in [1.807, 2.05) is 0 Å². The van der Waals surface area contributed by atoms with E-state index in [0.717, 1.165) is 4.47 Å². The molecule has 0 aliphatic rings. The van der Waals surface area contributed by atoms with Crippen molar-refractivity contribution in [2.45, 2.75) is 0 Å². The lowest BCUT2D eigenvalue weighted by molar-refractivity contribution is 0.0696. The van der Waals surface area contributed by atoms with E-state index in [4.69, 9.17) is 28.9 Å². The van der Waals surface area contributed by atoms with Crippen LogP contribution in [0, 0.1) is 0 Å². The molecule has 8 heteroatoms. The Morgan fingerprint density at radius 1 is 1.13 bits per heavy atom. The van der Waals surface area contributed by atoms with Gasteiger partial charge in [-0.3, -0.25) is 10.1 Å². The third-order valence-corrected chi connectivity index (χ3v) is 3.80. The summed E-state index contributed by atoms with van der Waals surface area (Å²) in [6.07, 6.45) is 0. The number of carboxylic acids is 1. The summed E-state index contributed by atoms with van der Waals surface area (Å²) in [7, 11) is 0. The Balaban J connectivity index is 2.09. The number of benzene rings is 2. The van der Waals surface area contributed by atoms with Crippen molar-refractivity contribution in [1.29, 1.82) is 0 Å². The fourth-order valence-electron chi connectivity index (χ4n) is 1.71. The number of amides is 1. The van der Waals surface area contributed by atoms with Gasteiger partial charge in [0.2, 0.25) is 0 Å². The van der Waals surface area contributed by atoms with Gasteiger partial charge in [-0.25, -0.2) is 4.79 Å². The molecular weight excluding hydrogens is 404 g/mol. The van der Waals surface area contributed by atoms with Crippen LogP contribution >= 0.6 is 39.7 Å². The Labute approximate surface area is 150 Å². The van der Waals surface area contributed by atoms with Gasteiger partial charge in [0.1, 0.15) is 0 Å². The third-order valence-electron chi connectivity index (χ3n) is 2.78. The van der Waals surface area contributed by atoms with Crippen molar-refractivity contribution in [2.75, 3.05) is 5.32 Å². The van der Waals surface area contributed by atoms with Crippen molar-refractivity contribution in [1.82, 2.24) is 5.32 Å². The van der Waals surface area contributed by atoms with Gasteiger partial charge in [0.05, 0.1) is 16.3 Å². The lowest BCUT2D eigenvalue weighted by atomic mass is 10.2. The Bertz CT molecular complexity index is 798. The Morgan fingerprint density at radius 2 is 1.87 bits per heavy atom. The predicted molar refractivity (Wildman–Crippen MR) is 96.2 cm³/mol. The van der Waals surface area contributed by atoms with E-state index in [0.29, 0.717) is 11.3 Å². The highest BCUT2D eigenvalue weighted by molar-refractivity contribution is 9.10. The maximum absolute atomic E-state index is 12.1. The van der Waals surface area contributed by atoms with Crippen molar-refractivity contribution in [3.8, 4) is 0 Å². The molecule has 118 valence electrons. The molecule has 0 spiro atoms. The molecule has 3 N–H and O–H groups in total. The lowest BCUT2D eigenvalue weighted by Crippen LogP contribution is -2.34. The number of thiocarbonyl (C=S) groups is 1. The molecule has 2 rings (SSSR count). The molecule has 0 bridgehead atoms. The van der Waals surface area contributed by atoms with E-state index >= 15 is 0 Å². The molecule has 0 atom stereocenters. The van der Waals surface area contributed by atoms with Crippen LogP contribution < -0.4 is 10.6 Å². The second kappa shape index (κ2) is 7.54. The molecule has 0 unspecified atom stereocenters. The van der Waals surface area contributed by atoms with E-state index < -0.39 is 11.9 Å². The van der Waals surface area contributed by atoms with Crippen molar-refractivity contribution in [2.24, 2.45) is 0 Å². The third kappa shape index (κ3) is 4.75. The number of aromatic carboxylic acids is 1. The first-order chi connectivity index (χ1) is 10.9. The van der Waals surface area contributed by atoms with Crippen molar-refractivity contribution in [3.63, 3.8) is 0 Å². The number of hydrogen-bond donors (Lipinski definition) is 3. The molecule has 0 saturated carbocycles. The van der Waals surface area contributed by atoms with Crippen LogP contribution in [-0.2, 0) is 0 Å². The largest absolute Gasteiger partial charge is 0.478 e. The van der Waals surface area contributed by atoms with Gasteiger partial charge in [-0.05, 0) is 48.6 Å². The first kappa shape index (κ1) is 17.4. The summed E-state index contributed by atoms with van der Waals surface area (Å²) in [5.74, 6) is -1.48. The quantitative estimate of drug-likeness (QED) is 0.665. The number of carbonyl (C=O) groups excluding carboxylic acids is 1. The predicted octanol–water partition coefficient (Wildman–Crippen LogP) is 3.93. The van der Waals surface area contributed by atoms with Gasteiger partial charge in [-0.15, -0.1) is 0 Å². The van der Waals surface area contributed by atoms with E-state index in [2.05, 4.69) is 26.6 Å². The summed E-state index contributed by atoms with van der Waals surface area (Å²) in [6, 6.07) is 11.0. The maximum Gasteiger partial charge on any atom is 0.335 e. The van der Waals surface area contributed by atoms with Gasteiger partial charge in [-0.1, -0.05) is 33.6 Å². The Hall–Kier alpha value is -1.96. The SMILES string of the molecule is O=C(O)c1ccc(Cl)c(NC(=S)NC(=O)c2cccc(Br)c2)c1. The van der Waals surface area contributed by atoms with Gasteiger partial charge >= 0.3 is 5.97 Å². The topological polar surface area (TPSA) is 78.4 Å². The molecule has 0 saturated heterocycles. The lowest BCUT2D eigenvalue weighted by Gasteiger charge is -2.11. The minimum Gasteiger partial charge on any atom is -0.478 e. The second-order valence-electron chi connectivity index (χ2n) is 4.42. The highest BCUT2D eigenvalue weighted by Gasteiger charge is 2.11. The fraction of sp³-hybridized carbons (Fsp3) is 0. The minimum atomic E-state index is -1.09. The number of hydrogen-bond acceptors (Lipinski definition) is 3. The smallest absolute Gasteiger partial charge is 0.335 e. The normalized spacial score (nSPS) is 10.0. The summed E-state index contributed by atoms with van der Waals surface area (Å²) in [6.45, 7) is 0. The number of carbonyl (C=O) groups is 2. The van der Waals surface area contributed by atoms with E-state index in [1.54, 1.807) is 24.3 Å². The number of nitrogens with one attached hydrogen (secondary N) is 2. The van der Waals surface area contributed by atoms with E-state index in [-0.39, 0.29) is 15.7 Å². The fourth-order valence-corrected chi connectivity index (χ4v) is 2.48. The van der Waals surface area contributed by atoms with Crippen LogP contribution in [0.1, 0.15) is 20.7 Å². The molecule has 1 amide bonds. The van der Waals surface area contributed by atoms with Gasteiger partial charge in [0, 0.05) is 10.0 Å². The van der Waals surface area contributed by atoms with Crippen LogP contribution in [0.25, 0.3) is 0 Å². The summed E-state index contributed by atoms with van der Waals surface area (Å²) in [5, 5.41) is 14.5. The minimum absolute atomic E-state index is 0.0133. The average Bonchev–Trinajstić information content (AvgIpc) is 2.49. The first-order valence-electron chi connectivity index (χ1n) is 6.27. The summed E-state index contributed by atoms with van der Waals surface area (Å²) in [5.41, 5.74) is 0.776. The molecule has 5 nitrogen and oxygen atoms in total. The van der Waals surface area contributed by atoms with Crippen LogP contribution in [0.15, 0.2) is 46.9 Å². The molecule has 23 heavy (non-hydrogen) atoms. The molecule has 0 fully saturated rings. The molecule has 2 aromatic rings. The monoisotopic (exact) mass is 412 g/mol. The number of carboxylic acid groups (broad SMARTS) is 1. The molecule has 0 heterocycles. The van der Waals surface area contributed by atoms with Gasteiger partial charge in [-0.2, -0.15) is 0 Å². The molecule has 0 aromatic heterocycles. The molecule has 2 aromatic carbocycles. The van der Waals surface area contributed by atoms with E-state index in [1.165, 1.54) is 18.2 Å². The van der Waals surface area contributed by atoms with Crippen molar-refractivity contribution in [3.05, 3.63) is 63.1 Å². The average molecular weight is 414 g/mol. The van der Waals surface area contributed by atoms with Gasteiger partial charge in [0.25, 0.3) is 5.91 Å². The zero-order chi connectivity index (χ0) is 17.0. The number of halogens is 2. The van der Waals surface area contributed by atoms with Gasteiger partial charge < -0.3 is 10.4 Å². The van der Waals surface area contributed by atoms with Crippen LogP contribution in [0.3, 0.4) is 0 Å². The highest BCUT2D eigenvalue weighted by atomic mass is 79.9. The molecule has 0 aliphatic heterocycles. The Morgan fingerprint density at radius 3 is 2.52 bits per heavy atom. The Kier molecular flexibility index (Phi) is 5.70. The first-order valence-corrected chi connectivity index (χ1v) is 7.85.